The molecule has 1 aromatic carbocycles. The van der Waals surface area contributed by atoms with E-state index in [9.17, 15) is 14.4 Å². The van der Waals surface area contributed by atoms with E-state index in [2.05, 4.69) is 0 Å². The normalized spacial score (nSPS) is 22.6. The number of benzene rings is 1. The van der Waals surface area contributed by atoms with Crippen molar-refractivity contribution >= 4 is 23.5 Å². The molecule has 1 N–H and O–H groups in total. The maximum Gasteiger partial charge on any atom is 0.305 e. The molecular weight excluding hydrogens is 340 g/mol. The molecule has 2 unspecified atom stereocenters. The van der Waals surface area contributed by atoms with E-state index in [1.165, 1.54) is 0 Å². The van der Waals surface area contributed by atoms with Gasteiger partial charge < -0.3 is 24.4 Å². The fourth-order valence-electron chi connectivity index (χ4n) is 3.29. The molecular formula is C18H22N2O6. The Balaban J connectivity index is 1.68. The van der Waals surface area contributed by atoms with Crippen molar-refractivity contribution in [1.82, 2.24) is 4.90 Å². The monoisotopic (exact) mass is 362 g/mol. The number of nitrogens with zero attached hydrogens (tertiary/aromatic N) is 2. The highest BCUT2D eigenvalue weighted by Crippen LogP contribution is 2.33. The minimum atomic E-state index is -0.968. The first-order chi connectivity index (χ1) is 12.5. The van der Waals surface area contributed by atoms with E-state index in [0.717, 1.165) is 0 Å². The summed E-state index contributed by atoms with van der Waals surface area (Å²) in [5.41, 5.74) is 0.646. The van der Waals surface area contributed by atoms with Crippen LogP contribution in [-0.2, 0) is 19.1 Å². The number of rotatable bonds is 5. The van der Waals surface area contributed by atoms with Gasteiger partial charge in [0, 0.05) is 19.5 Å². The van der Waals surface area contributed by atoms with E-state index < -0.39 is 18.1 Å². The number of carbonyl (C=O) groups excluding carboxylic acids is 2. The molecule has 8 heteroatoms. The first kappa shape index (κ1) is 18.2. The summed E-state index contributed by atoms with van der Waals surface area (Å²) in [5, 5.41) is 9.01. The number of morpholine rings is 1. The van der Waals surface area contributed by atoms with Crippen LogP contribution in [0, 0.1) is 0 Å². The third-order valence-electron chi connectivity index (χ3n) is 4.58. The lowest BCUT2D eigenvalue weighted by Crippen LogP contribution is -2.51. The number of para-hydroxylation sites is 2. The summed E-state index contributed by atoms with van der Waals surface area (Å²) in [4.78, 5) is 39.2. The zero-order chi connectivity index (χ0) is 18.7. The molecule has 0 aliphatic carbocycles. The quantitative estimate of drug-likeness (QED) is 0.836. The van der Waals surface area contributed by atoms with Gasteiger partial charge in [-0.2, -0.15) is 0 Å². The van der Waals surface area contributed by atoms with E-state index in [-0.39, 0.29) is 37.8 Å². The Hall–Kier alpha value is -2.61. The van der Waals surface area contributed by atoms with Gasteiger partial charge in [0.1, 0.15) is 5.75 Å². The lowest BCUT2D eigenvalue weighted by atomic mass is 10.1. The Labute approximate surface area is 151 Å². The Kier molecular flexibility index (Phi) is 5.41. The van der Waals surface area contributed by atoms with Crippen molar-refractivity contribution < 1.29 is 29.0 Å². The Morgan fingerprint density at radius 1 is 1.31 bits per heavy atom. The van der Waals surface area contributed by atoms with Crippen LogP contribution in [-0.4, -0.2) is 66.2 Å². The van der Waals surface area contributed by atoms with Gasteiger partial charge in [0.2, 0.25) is 5.91 Å². The second-order valence-corrected chi connectivity index (χ2v) is 6.38. The Morgan fingerprint density at radius 3 is 2.85 bits per heavy atom. The van der Waals surface area contributed by atoms with E-state index >= 15 is 0 Å². The minimum Gasteiger partial charge on any atom is -0.481 e. The molecule has 2 aliphatic heterocycles. The zero-order valence-corrected chi connectivity index (χ0v) is 14.6. The van der Waals surface area contributed by atoms with E-state index in [1.54, 1.807) is 28.9 Å². The molecule has 2 heterocycles. The van der Waals surface area contributed by atoms with E-state index in [1.807, 2.05) is 12.1 Å². The Morgan fingerprint density at radius 2 is 2.08 bits per heavy atom. The molecule has 3 rings (SSSR count). The van der Waals surface area contributed by atoms with Crippen LogP contribution in [0.25, 0.3) is 0 Å². The molecule has 0 radical (unpaired) electrons. The van der Waals surface area contributed by atoms with Gasteiger partial charge in [-0.15, -0.1) is 0 Å². The van der Waals surface area contributed by atoms with Crippen molar-refractivity contribution in [2.45, 2.75) is 31.9 Å². The molecule has 0 bridgehead atoms. The highest BCUT2D eigenvalue weighted by atomic mass is 16.5. The van der Waals surface area contributed by atoms with Crippen molar-refractivity contribution in [2.75, 3.05) is 31.2 Å². The van der Waals surface area contributed by atoms with Gasteiger partial charge in [0.05, 0.1) is 31.4 Å². The van der Waals surface area contributed by atoms with E-state index in [0.29, 0.717) is 24.6 Å². The predicted molar refractivity (Wildman–Crippen MR) is 92.1 cm³/mol. The maximum absolute atomic E-state index is 12.6. The summed E-state index contributed by atoms with van der Waals surface area (Å²) < 4.78 is 10.9. The van der Waals surface area contributed by atoms with Gasteiger partial charge in [-0.05, 0) is 19.1 Å². The molecule has 0 aromatic heterocycles. The van der Waals surface area contributed by atoms with Crippen molar-refractivity contribution in [3.63, 3.8) is 0 Å². The molecule has 0 saturated carbocycles. The van der Waals surface area contributed by atoms with Gasteiger partial charge in [-0.25, -0.2) is 0 Å². The molecule has 2 amide bonds. The van der Waals surface area contributed by atoms with Crippen molar-refractivity contribution in [2.24, 2.45) is 0 Å². The smallest absolute Gasteiger partial charge is 0.305 e. The maximum atomic E-state index is 12.6. The number of carbonyl (C=O) groups is 3. The minimum absolute atomic E-state index is 0.114. The lowest BCUT2D eigenvalue weighted by Gasteiger charge is -2.36. The lowest BCUT2D eigenvalue weighted by molar-refractivity contribution is -0.146. The standard InChI is InChI=1S/C18H22N2O6/c1-12-18(24)20(14-4-2-3-5-15(14)26-12)7-6-16(21)19-8-9-25-11-13(19)10-17(22)23/h2-5,12-13H,6-11H2,1H3,(H,22,23). The van der Waals surface area contributed by atoms with Gasteiger partial charge in [-0.1, -0.05) is 12.1 Å². The summed E-state index contributed by atoms with van der Waals surface area (Å²) in [5.74, 6) is -0.726. The van der Waals surface area contributed by atoms with Crippen molar-refractivity contribution in [3.8, 4) is 5.75 Å². The first-order valence-electron chi connectivity index (χ1n) is 8.63. The zero-order valence-electron chi connectivity index (χ0n) is 14.6. The number of amides is 2. The topological polar surface area (TPSA) is 96.4 Å². The van der Waals surface area contributed by atoms with Crippen LogP contribution < -0.4 is 9.64 Å². The summed E-state index contributed by atoms with van der Waals surface area (Å²) in [6, 6.07) is 6.74. The third-order valence-corrected chi connectivity index (χ3v) is 4.58. The van der Waals surface area contributed by atoms with Crippen LogP contribution in [0.3, 0.4) is 0 Å². The van der Waals surface area contributed by atoms with Crippen molar-refractivity contribution in [1.29, 1.82) is 0 Å². The SMILES string of the molecule is CC1Oc2ccccc2N(CCC(=O)N2CCOCC2CC(=O)O)C1=O. The van der Waals surface area contributed by atoms with Crippen LogP contribution in [0.5, 0.6) is 5.75 Å². The number of aliphatic carboxylic acids is 1. The van der Waals surface area contributed by atoms with Crippen LogP contribution >= 0.6 is 0 Å². The fraction of sp³-hybridized carbons (Fsp3) is 0.500. The van der Waals surface area contributed by atoms with Gasteiger partial charge >= 0.3 is 5.97 Å². The average molecular weight is 362 g/mol. The number of carboxylic acids is 1. The third kappa shape index (κ3) is 3.80. The van der Waals surface area contributed by atoms with E-state index in [4.69, 9.17) is 14.6 Å². The summed E-state index contributed by atoms with van der Waals surface area (Å²) in [6.07, 6.45) is -0.645. The molecule has 0 spiro atoms. The molecule has 2 aliphatic rings. The second kappa shape index (κ2) is 7.74. The molecule has 2 atom stereocenters. The largest absolute Gasteiger partial charge is 0.481 e. The van der Waals surface area contributed by atoms with Crippen LogP contribution in [0.1, 0.15) is 19.8 Å². The molecule has 140 valence electrons. The number of ether oxygens (including phenoxy) is 2. The van der Waals surface area contributed by atoms with Gasteiger partial charge in [0.25, 0.3) is 5.91 Å². The number of hydrogen-bond donors (Lipinski definition) is 1. The van der Waals surface area contributed by atoms with Crippen LogP contribution in [0.15, 0.2) is 24.3 Å². The first-order valence-corrected chi connectivity index (χ1v) is 8.63. The molecule has 1 saturated heterocycles. The average Bonchev–Trinajstić information content (AvgIpc) is 2.62. The van der Waals surface area contributed by atoms with Gasteiger partial charge in [-0.3, -0.25) is 14.4 Å². The van der Waals surface area contributed by atoms with Crippen molar-refractivity contribution in [3.05, 3.63) is 24.3 Å². The van der Waals surface area contributed by atoms with Gasteiger partial charge in [0.15, 0.2) is 6.10 Å². The van der Waals surface area contributed by atoms with Crippen LogP contribution in [0.4, 0.5) is 5.69 Å². The summed E-state index contributed by atoms with van der Waals surface area (Å²) in [6.45, 7) is 2.87. The molecule has 8 nitrogen and oxygen atoms in total. The molecule has 1 aromatic rings. The number of carboxylic acid groups (broad SMARTS) is 1. The van der Waals surface area contributed by atoms with Crippen LogP contribution in [0.2, 0.25) is 0 Å². The highest BCUT2D eigenvalue weighted by Gasteiger charge is 2.33. The number of fused-ring (bicyclic) bond motifs is 1. The molecule has 26 heavy (non-hydrogen) atoms. The Bertz CT molecular complexity index is 707. The highest BCUT2D eigenvalue weighted by molar-refractivity contribution is 6.00. The predicted octanol–water partition coefficient (Wildman–Crippen LogP) is 0.893. The second-order valence-electron chi connectivity index (χ2n) is 6.38. The summed E-state index contributed by atoms with van der Waals surface area (Å²) in [7, 11) is 0. The number of anilines is 1. The summed E-state index contributed by atoms with van der Waals surface area (Å²) >= 11 is 0. The molecule has 1 fully saturated rings. The fourth-order valence-corrected chi connectivity index (χ4v) is 3.29. The number of hydrogen-bond acceptors (Lipinski definition) is 5.